The SMILES string of the molecule is CCCOc1nc(Cl)nc(Oc2cc(Br)ccc2Cl)n1. The van der Waals surface area contributed by atoms with E-state index in [1.165, 1.54) is 0 Å². The minimum absolute atomic E-state index is 0.00720. The fraction of sp³-hybridized carbons (Fsp3) is 0.250. The second-order valence-electron chi connectivity index (χ2n) is 3.69. The van der Waals surface area contributed by atoms with Crippen LogP contribution < -0.4 is 9.47 Å². The highest BCUT2D eigenvalue weighted by Gasteiger charge is 2.10. The average molecular weight is 379 g/mol. The molecule has 1 aromatic heterocycles. The summed E-state index contributed by atoms with van der Waals surface area (Å²) < 4.78 is 11.6. The number of benzene rings is 1. The Morgan fingerprint density at radius 3 is 2.65 bits per heavy atom. The molecule has 0 radical (unpaired) electrons. The third kappa shape index (κ3) is 4.19. The van der Waals surface area contributed by atoms with Gasteiger partial charge in [-0.25, -0.2) is 0 Å². The number of rotatable bonds is 5. The van der Waals surface area contributed by atoms with Crippen LogP contribution in [0.2, 0.25) is 10.3 Å². The molecule has 106 valence electrons. The van der Waals surface area contributed by atoms with E-state index in [1.807, 2.05) is 6.92 Å². The van der Waals surface area contributed by atoms with E-state index in [9.17, 15) is 0 Å². The molecule has 0 bridgehead atoms. The Morgan fingerprint density at radius 1 is 1.15 bits per heavy atom. The maximum atomic E-state index is 6.03. The summed E-state index contributed by atoms with van der Waals surface area (Å²) in [6.07, 6.45) is 0.830. The number of aromatic nitrogens is 3. The summed E-state index contributed by atoms with van der Waals surface area (Å²) >= 11 is 15.2. The molecule has 0 saturated heterocycles. The Labute approximate surface area is 134 Å². The first-order valence-corrected chi connectivity index (χ1v) is 7.30. The molecule has 5 nitrogen and oxygen atoms in total. The lowest BCUT2D eigenvalue weighted by Gasteiger charge is -2.08. The van der Waals surface area contributed by atoms with Crippen LogP contribution in [0.3, 0.4) is 0 Å². The van der Waals surface area contributed by atoms with Gasteiger partial charge in [0, 0.05) is 4.47 Å². The molecule has 0 fully saturated rings. The third-order valence-corrected chi connectivity index (χ3v) is 3.07. The molecule has 2 aromatic rings. The fourth-order valence-corrected chi connectivity index (χ4v) is 1.91. The maximum Gasteiger partial charge on any atom is 0.329 e. The van der Waals surface area contributed by atoms with Gasteiger partial charge in [-0.2, -0.15) is 9.97 Å². The van der Waals surface area contributed by atoms with Crippen molar-refractivity contribution in [3.8, 4) is 17.8 Å². The molecule has 8 heteroatoms. The Balaban J connectivity index is 2.24. The highest BCUT2D eigenvalue weighted by molar-refractivity contribution is 9.10. The van der Waals surface area contributed by atoms with E-state index in [0.717, 1.165) is 10.9 Å². The molecule has 0 spiro atoms. The number of halogens is 3. The summed E-state index contributed by atoms with van der Waals surface area (Å²) in [6.45, 7) is 2.46. The second-order valence-corrected chi connectivity index (χ2v) is 5.36. The van der Waals surface area contributed by atoms with Gasteiger partial charge in [-0.15, -0.1) is 4.98 Å². The lowest BCUT2D eigenvalue weighted by molar-refractivity contribution is 0.284. The summed E-state index contributed by atoms with van der Waals surface area (Å²) in [5.74, 6) is 0.407. The molecule has 0 aliphatic carbocycles. The average Bonchev–Trinajstić information content (AvgIpc) is 2.40. The van der Waals surface area contributed by atoms with Crippen molar-refractivity contribution in [2.24, 2.45) is 0 Å². The molecular formula is C12H10BrCl2N3O2. The minimum atomic E-state index is -0.00720. The van der Waals surface area contributed by atoms with Crippen LogP contribution in [-0.4, -0.2) is 21.6 Å². The molecule has 0 aliphatic heterocycles. The second kappa shape index (κ2) is 7.06. The van der Waals surface area contributed by atoms with Gasteiger partial charge >= 0.3 is 12.0 Å². The van der Waals surface area contributed by atoms with Crippen LogP contribution in [0.25, 0.3) is 0 Å². The first-order chi connectivity index (χ1) is 9.58. The van der Waals surface area contributed by atoms with Crippen molar-refractivity contribution in [3.63, 3.8) is 0 Å². The quantitative estimate of drug-likeness (QED) is 0.765. The number of ether oxygens (including phenoxy) is 2. The first kappa shape index (κ1) is 15.3. The Hall–Kier alpha value is -1.11. The number of hydrogen-bond donors (Lipinski definition) is 0. The zero-order valence-corrected chi connectivity index (χ0v) is 13.5. The molecule has 0 saturated carbocycles. The van der Waals surface area contributed by atoms with Gasteiger partial charge < -0.3 is 9.47 Å². The number of hydrogen-bond acceptors (Lipinski definition) is 5. The Morgan fingerprint density at radius 2 is 1.90 bits per heavy atom. The van der Waals surface area contributed by atoms with Crippen LogP contribution in [0.5, 0.6) is 17.8 Å². The van der Waals surface area contributed by atoms with E-state index in [2.05, 4.69) is 30.9 Å². The molecule has 20 heavy (non-hydrogen) atoms. The van der Waals surface area contributed by atoms with E-state index < -0.39 is 0 Å². The smallest absolute Gasteiger partial charge is 0.329 e. The molecule has 0 unspecified atom stereocenters. The fourth-order valence-electron chi connectivity index (χ4n) is 1.27. The monoisotopic (exact) mass is 377 g/mol. The van der Waals surface area contributed by atoms with Gasteiger partial charge in [-0.1, -0.05) is 34.5 Å². The van der Waals surface area contributed by atoms with Gasteiger partial charge in [-0.3, -0.25) is 0 Å². The van der Waals surface area contributed by atoms with Gasteiger partial charge in [0.05, 0.1) is 11.6 Å². The van der Waals surface area contributed by atoms with Crippen LogP contribution in [-0.2, 0) is 0 Å². The van der Waals surface area contributed by atoms with E-state index in [0.29, 0.717) is 17.4 Å². The zero-order chi connectivity index (χ0) is 14.5. The minimum Gasteiger partial charge on any atom is -0.463 e. The molecule has 0 N–H and O–H groups in total. The van der Waals surface area contributed by atoms with Crippen LogP contribution in [0.1, 0.15) is 13.3 Å². The largest absolute Gasteiger partial charge is 0.463 e. The lowest BCUT2D eigenvalue weighted by Crippen LogP contribution is -2.03. The van der Waals surface area contributed by atoms with Crippen molar-refractivity contribution < 1.29 is 9.47 Å². The van der Waals surface area contributed by atoms with Crippen LogP contribution in [0.15, 0.2) is 22.7 Å². The number of nitrogens with zero attached hydrogens (tertiary/aromatic N) is 3. The Bertz CT molecular complexity index is 613. The first-order valence-electron chi connectivity index (χ1n) is 5.75. The molecule has 0 atom stereocenters. The van der Waals surface area contributed by atoms with Gasteiger partial charge in [0.2, 0.25) is 5.28 Å². The lowest BCUT2D eigenvalue weighted by atomic mass is 10.3. The molecule has 2 rings (SSSR count). The summed E-state index contributed by atoms with van der Waals surface area (Å²) in [6, 6.07) is 5.33. The van der Waals surface area contributed by atoms with Crippen molar-refractivity contribution in [2.45, 2.75) is 13.3 Å². The third-order valence-electron chi connectivity index (χ3n) is 2.10. The summed E-state index contributed by atoms with van der Waals surface area (Å²) in [7, 11) is 0. The van der Waals surface area contributed by atoms with Gasteiger partial charge in [0.25, 0.3) is 0 Å². The van der Waals surface area contributed by atoms with Crippen molar-refractivity contribution in [3.05, 3.63) is 33.0 Å². The highest BCUT2D eigenvalue weighted by Crippen LogP contribution is 2.31. The summed E-state index contributed by atoms with van der Waals surface area (Å²) in [4.78, 5) is 11.7. The van der Waals surface area contributed by atoms with Crippen molar-refractivity contribution in [1.82, 2.24) is 15.0 Å². The van der Waals surface area contributed by atoms with Gasteiger partial charge in [-0.05, 0) is 36.2 Å². The van der Waals surface area contributed by atoms with Crippen LogP contribution in [0.4, 0.5) is 0 Å². The van der Waals surface area contributed by atoms with E-state index in [4.69, 9.17) is 32.7 Å². The molecule has 0 amide bonds. The molecule has 0 aliphatic rings. The Kier molecular flexibility index (Phi) is 5.39. The normalized spacial score (nSPS) is 10.4. The van der Waals surface area contributed by atoms with Gasteiger partial charge in [0.15, 0.2) is 5.75 Å². The predicted octanol–water partition coefficient (Wildman–Crippen LogP) is 4.52. The molecule has 1 heterocycles. The van der Waals surface area contributed by atoms with Crippen molar-refractivity contribution in [2.75, 3.05) is 6.61 Å². The van der Waals surface area contributed by atoms with Gasteiger partial charge in [0.1, 0.15) is 0 Å². The van der Waals surface area contributed by atoms with E-state index in [1.54, 1.807) is 18.2 Å². The van der Waals surface area contributed by atoms with E-state index in [-0.39, 0.29) is 17.3 Å². The topological polar surface area (TPSA) is 57.1 Å². The van der Waals surface area contributed by atoms with Crippen molar-refractivity contribution in [1.29, 1.82) is 0 Å². The molecular weight excluding hydrogens is 369 g/mol. The molecule has 1 aromatic carbocycles. The summed E-state index contributed by atoms with van der Waals surface area (Å²) in [5, 5.41) is 0.424. The zero-order valence-electron chi connectivity index (χ0n) is 10.4. The highest BCUT2D eigenvalue weighted by atomic mass is 79.9. The predicted molar refractivity (Wildman–Crippen MR) is 79.8 cm³/mol. The summed E-state index contributed by atoms with van der Waals surface area (Å²) in [5.41, 5.74) is 0. The van der Waals surface area contributed by atoms with Crippen molar-refractivity contribution >= 4 is 39.1 Å². The van der Waals surface area contributed by atoms with Crippen LogP contribution in [0, 0.1) is 0 Å². The van der Waals surface area contributed by atoms with Crippen LogP contribution >= 0.6 is 39.1 Å². The van der Waals surface area contributed by atoms with E-state index >= 15 is 0 Å². The standard InChI is InChI=1S/C12H10BrCl2N3O2/c1-2-5-19-11-16-10(15)17-12(18-11)20-9-6-7(13)3-4-8(9)14/h3-4,6H,2,5H2,1H3. The maximum absolute atomic E-state index is 6.03.